The Kier molecular flexibility index (Phi) is 5.79. The van der Waals surface area contributed by atoms with E-state index in [1.165, 1.54) is 69.8 Å². The molecule has 0 aromatic carbocycles. The molecule has 1 nitrogen and oxygen atoms in total. The molecule has 0 aromatic rings. The third-order valence-electron chi connectivity index (χ3n) is 6.30. The highest BCUT2D eigenvalue weighted by Crippen LogP contribution is 2.55. The van der Waals surface area contributed by atoms with Crippen LogP contribution in [0.4, 0.5) is 0 Å². The minimum atomic E-state index is -0.126. The molecule has 3 rings (SSSR count). The number of hydrogen-bond acceptors (Lipinski definition) is 1. The molecule has 0 aromatic heterocycles. The summed E-state index contributed by atoms with van der Waals surface area (Å²) in [6.07, 6.45) is 22.0. The van der Waals surface area contributed by atoms with Gasteiger partial charge in [0.25, 0.3) is 0 Å². The molecule has 22 heavy (non-hydrogen) atoms. The second kappa shape index (κ2) is 7.81. The Labute approximate surface area is 136 Å². The summed E-state index contributed by atoms with van der Waals surface area (Å²) < 4.78 is 0. The van der Waals surface area contributed by atoms with Gasteiger partial charge in [0.2, 0.25) is 0 Å². The lowest BCUT2D eigenvalue weighted by Crippen LogP contribution is -2.25. The number of unbranched alkanes of at least 4 members (excludes halogenated alkanes) is 8. The third kappa shape index (κ3) is 3.50. The van der Waals surface area contributed by atoms with Crippen molar-refractivity contribution < 1.29 is 5.11 Å². The Balaban J connectivity index is 1.28. The normalized spacial score (nSPS) is 35.2. The van der Waals surface area contributed by atoms with Crippen molar-refractivity contribution in [1.29, 1.82) is 0 Å². The van der Waals surface area contributed by atoms with E-state index in [2.05, 4.69) is 25.2 Å². The largest absolute Gasteiger partial charge is 0.388 e. The average molecular weight is 303 g/mol. The van der Waals surface area contributed by atoms with E-state index in [9.17, 15) is 5.11 Å². The van der Waals surface area contributed by atoms with Crippen LogP contribution in [-0.2, 0) is 0 Å². The van der Waals surface area contributed by atoms with Gasteiger partial charge in [-0.2, -0.15) is 0 Å². The maximum Gasteiger partial charge on any atom is 0.0789 e. The SMILES string of the molecule is CCCCCCCCCCCC1=C[C@@H]2[C@H]([C@@H]1O)[C@H]1C=C[C@@H]2C1. The van der Waals surface area contributed by atoms with Gasteiger partial charge in [-0.15, -0.1) is 0 Å². The number of hydrogen-bond donors (Lipinski definition) is 1. The lowest BCUT2D eigenvalue weighted by atomic mass is 9.84. The van der Waals surface area contributed by atoms with E-state index < -0.39 is 0 Å². The maximum atomic E-state index is 10.6. The number of rotatable bonds is 10. The number of allylic oxidation sites excluding steroid dienone is 3. The summed E-state index contributed by atoms with van der Waals surface area (Å²) in [6, 6.07) is 0. The van der Waals surface area contributed by atoms with Crippen LogP contribution in [0.5, 0.6) is 0 Å². The number of aliphatic hydroxyl groups excluding tert-OH is 1. The van der Waals surface area contributed by atoms with E-state index in [0.717, 1.165) is 12.3 Å². The van der Waals surface area contributed by atoms with Crippen molar-refractivity contribution >= 4 is 0 Å². The highest BCUT2D eigenvalue weighted by Gasteiger charge is 2.50. The van der Waals surface area contributed by atoms with Gasteiger partial charge in [-0.05, 0) is 42.6 Å². The fraction of sp³-hybridized carbons (Fsp3) is 0.810. The van der Waals surface area contributed by atoms with Crippen LogP contribution in [0.1, 0.15) is 77.6 Å². The highest BCUT2D eigenvalue weighted by molar-refractivity contribution is 5.30. The molecular formula is C21H34O. The molecule has 0 aliphatic heterocycles. The van der Waals surface area contributed by atoms with E-state index in [0.29, 0.717) is 17.8 Å². The Bertz CT molecular complexity index is 408. The first kappa shape index (κ1) is 16.3. The Morgan fingerprint density at radius 2 is 1.55 bits per heavy atom. The van der Waals surface area contributed by atoms with Gasteiger partial charge in [0.05, 0.1) is 6.10 Å². The second-order valence-corrected chi connectivity index (χ2v) is 7.87. The minimum Gasteiger partial charge on any atom is -0.388 e. The molecule has 0 heterocycles. The van der Waals surface area contributed by atoms with Crippen molar-refractivity contribution in [3.8, 4) is 0 Å². The van der Waals surface area contributed by atoms with Gasteiger partial charge in [-0.1, -0.05) is 76.5 Å². The molecule has 0 saturated heterocycles. The Hall–Kier alpha value is -0.560. The van der Waals surface area contributed by atoms with Gasteiger partial charge in [0.1, 0.15) is 0 Å². The van der Waals surface area contributed by atoms with Crippen molar-refractivity contribution in [3.05, 3.63) is 23.8 Å². The first-order valence-electron chi connectivity index (χ1n) is 9.88. The summed E-state index contributed by atoms with van der Waals surface area (Å²) >= 11 is 0. The van der Waals surface area contributed by atoms with Crippen molar-refractivity contribution in [1.82, 2.24) is 0 Å². The molecule has 3 aliphatic rings. The first-order chi connectivity index (χ1) is 10.8. The fourth-order valence-corrected chi connectivity index (χ4v) is 5.04. The minimum absolute atomic E-state index is 0.126. The summed E-state index contributed by atoms with van der Waals surface area (Å²) in [6.45, 7) is 2.28. The van der Waals surface area contributed by atoms with E-state index in [1.807, 2.05) is 0 Å². The molecule has 5 atom stereocenters. The monoisotopic (exact) mass is 302 g/mol. The molecule has 0 spiro atoms. The van der Waals surface area contributed by atoms with E-state index in [4.69, 9.17) is 0 Å². The van der Waals surface area contributed by atoms with Crippen LogP contribution in [0.15, 0.2) is 23.8 Å². The van der Waals surface area contributed by atoms with E-state index >= 15 is 0 Å². The fourth-order valence-electron chi connectivity index (χ4n) is 5.04. The predicted octanol–water partition coefficient (Wildman–Crippen LogP) is 5.65. The molecule has 2 bridgehead atoms. The van der Waals surface area contributed by atoms with Gasteiger partial charge >= 0.3 is 0 Å². The molecule has 3 aliphatic carbocycles. The summed E-state index contributed by atoms with van der Waals surface area (Å²) in [4.78, 5) is 0. The standard InChI is InChI=1S/C21H34O/c1-2-3-4-5-6-7-8-9-10-11-18-15-19-16-12-13-17(14-16)20(19)21(18)22/h12-13,15-17,19-22H,2-11,14H2,1H3/t16-,17+,19+,20-,21-/m1/s1. The lowest BCUT2D eigenvalue weighted by Gasteiger charge is -2.24. The van der Waals surface area contributed by atoms with Crippen molar-refractivity contribution in [2.75, 3.05) is 0 Å². The average Bonchev–Trinajstić information content (AvgIpc) is 3.20. The summed E-state index contributed by atoms with van der Waals surface area (Å²) in [5.41, 5.74) is 1.37. The van der Waals surface area contributed by atoms with Crippen molar-refractivity contribution in [2.24, 2.45) is 23.7 Å². The second-order valence-electron chi connectivity index (χ2n) is 7.87. The molecule has 1 N–H and O–H groups in total. The van der Waals surface area contributed by atoms with Crippen LogP contribution in [0, 0.1) is 23.7 Å². The topological polar surface area (TPSA) is 20.2 Å². The van der Waals surface area contributed by atoms with Crippen LogP contribution in [0.3, 0.4) is 0 Å². The zero-order chi connectivity index (χ0) is 15.4. The molecular weight excluding hydrogens is 268 g/mol. The number of aliphatic hydroxyl groups is 1. The van der Waals surface area contributed by atoms with Crippen LogP contribution < -0.4 is 0 Å². The zero-order valence-electron chi connectivity index (χ0n) is 14.3. The van der Waals surface area contributed by atoms with E-state index in [1.54, 1.807) is 0 Å². The van der Waals surface area contributed by atoms with Crippen LogP contribution in [0.2, 0.25) is 0 Å². The highest BCUT2D eigenvalue weighted by atomic mass is 16.3. The van der Waals surface area contributed by atoms with Crippen LogP contribution in [0.25, 0.3) is 0 Å². The van der Waals surface area contributed by atoms with Gasteiger partial charge < -0.3 is 5.11 Å². The van der Waals surface area contributed by atoms with E-state index in [-0.39, 0.29) is 6.10 Å². The molecule has 1 saturated carbocycles. The van der Waals surface area contributed by atoms with Crippen LogP contribution >= 0.6 is 0 Å². The van der Waals surface area contributed by atoms with Crippen LogP contribution in [-0.4, -0.2) is 11.2 Å². The molecule has 0 amide bonds. The summed E-state index contributed by atoms with van der Waals surface area (Å²) in [5, 5.41) is 10.6. The van der Waals surface area contributed by atoms with Gasteiger partial charge in [0.15, 0.2) is 0 Å². The van der Waals surface area contributed by atoms with Crippen molar-refractivity contribution in [2.45, 2.75) is 83.7 Å². The van der Waals surface area contributed by atoms with Gasteiger partial charge in [-0.25, -0.2) is 0 Å². The van der Waals surface area contributed by atoms with Gasteiger partial charge in [0, 0.05) is 5.92 Å². The molecule has 0 unspecified atom stereocenters. The van der Waals surface area contributed by atoms with Gasteiger partial charge in [-0.3, -0.25) is 0 Å². The lowest BCUT2D eigenvalue weighted by molar-refractivity contribution is 0.121. The predicted molar refractivity (Wildman–Crippen MR) is 93.7 cm³/mol. The van der Waals surface area contributed by atoms with Crippen molar-refractivity contribution in [3.63, 3.8) is 0 Å². The zero-order valence-corrected chi connectivity index (χ0v) is 14.3. The smallest absolute Gasteiger partial charge is 0.0789 e. The Morgan fingerprint density at radius 1 is 0.909 bits per heavy atom. The summed E-state index contributed by atoms with van der Waals surface area (Å²) in [7, 11) is 0. The third-order valence-corrected chi connectivity index (χ3v) is 6.30. The Morgan fingerprint density at radius 3 is 2.23 bits per heavy atom. The molecule has 1 fully saturated rings. The quantitative estimate of drug-likeness (QED) is 0.408. The molecule has 0 radical (unpaired) electrons. The summed E-state index contributed by atoms with van der Waals surface area (Å²) in [5.74, 6) is 2.61. The number of fused-ring (bicyclic) bond motifs is 5. The molecule has 1 heteroatoms. The maximum absolute atomic E-state index is 10.6. The molecule has 124 valence electrons. The first-order valence-corrected chi connectivity index (χ1v) is 9.88.